The van der Waals surface area contributed by atoms with Gasteiger partial charge in [0.25, 0.3) is 0 Å². The molecule has 2 heterocycles. The van der Waals surface area contributed by atoms with Gasteiger partial charge in [0.1, 0.15) is 0 Å². The Balaban J connectivity index is 2.15. The van der Waals surface area contributed by atoms with E-state index in [1.807, 2.05) is 27.7 Å². The van der Waals surface area contributed by atoms with Crippen molar-refractivity contribution in [3.05, 3.63) is 22.9 Å². The molecule has 1 aromatic heterocycles. The molecule has 0 bridgehead atoms. The molecule has 0 atom stereocenters. The topological polar surface area (TPSA) is 36.3 Å². The van der Waals surface area contributed by atoms with Crippen molar-refractivity contribution in [2.45, 2.75) is 42.4 Å². The van der Waals surface area contributed by atoms with Crippen LogP contribution in [-0.4, -0.2) is 28.1 Å². The number of nitrogens with zero attached hydrogens (tertiary/aromatic N) is 2. The average molecular weight is 365 g/mol. The standard InChI is InChI=1S/C12H18BClN2O2S3/c1-10(2)11(3,4)18-13(17-10)6-5-8-7-16(12(19,20)21)15-9(8)14/h5-7,19-21H,1-4H3/b6-5+. The van der Waals surface area contributed by atoms with Gasteiger partial charge in [-0.25, -0.2) is 4.68 Å². The van der Waals surface area contributed by atoms with Gasteiger partial charge in [-0.15, -0.1) is 37.9 Å². The molecule has 0 aliphatic carbocycles. The van der Waals surface area contributed by atoms with E-state index in [1.54, 1.807) is 18.2 Å². The van der Waals surface area contributed by atoms with E-state index in [0.29, 0.717) is 10.7 Å². The first-order valence-electron chi connectivity index (χ1n) is 6.39. The quantitative estimate of drug-likeness (QED) is 0.436. The van der Waals surface area contributed by atoms with E-state index in [2.05, 4.69) is 43.0 Å². The van der Waals surface area contributed by atoms with Crippen molar-refractivity contribution in [3.8, 4) is 0 Å². The maximum Gasteiger partial charge on any atom is 0.487 e. The Morgan fingerprint density at radius 3 is 2.19 bits per heavy atom. The van der Waals surface area contributed by atoms with Crippen molar-refractivity contribution >= 4 is 62.7 Å². The van der Waals surface area contributed by atoms with Crippen molar-refractivity contribution in [2.24, 2.45) is 0 Å². The highest BCUT2D eigenvalue weighted by Crippen LogP contribution is 2.37. The van der Waals surface area contributed by atoms with Crippen molar-refractivity contribution in [2.75, 3.05) is 0 Å². The minimum Gasteiger partial charge on any atom is -0.400 e. The van der Waals surface area contributed by atoms with Crippen molar-refractivity contribution < 1.29 is 9.31 Å². The first kappa shape index (κ1) is 17.6. The number of aromatic nitrogens is 2. The van der Waals surface area contributed by atoms with Crippen LogP contribution in [-0.2, 0) is 12.8 Å². The number of halogens is 1. The molecule has 0 unspecified atom stereocenters. The van der Waals surface area contributed by atoms with Crippen LogP contribution in [0.1, 0.15) is 33.3 Å². The van der Waals surface area contributed by atoms with Crippen molar-refractivity contribution in [1.29, 1.82) is 0 Å². The fraction of sp³-hybridized carbons (Fsp3) is 0.583. The molecule has 4 nitrogen and oxygen atoms in total. The van der Waals surface area contributed by atoms with Gasteiger partial charge in [0.2, 0.25) is 0 Å². The summed E-state index contributed by atoms with van der Waals surface area (Å²) in [7, 11) is -0.429. The molecular formula is C12H18BClN2O2S3. The fourth-order valence-electron chi connectivity index (χ4n) is 1.78. The summed E-state index contributed by atoms with van der Waals surface area (Å²) in [6.07, 6.45) is 3.51. The third-order valence-electron chi connectivity index (χ3n) is 3.71. The molecule has 0 aromatic carbocycles. The third-order valence-corrected chi connectivity index (χ3v) is 4.62. The van der Waals surface area contributed by atoms with Crippen LogP contribution < -0.4 is 0 Å². The molecule has 2 rings (SSSR count). The lowest BCUT2D eigenvalue weighted by Gasteiger charge is -2.32. The Bertz CT molecular complexity index is 553. The predicted molar refractivity (Wildman–Crippen MR) is 97.3 cm³/mol. The number of hydrogen-bond acceptors (Lipinski definition) is 6. The second-order valence-corrected chi connectivity index (χ2v) is 9.26. The van der Waals surface area contributed by atoms with Gasteiger partial charge in [0.15, 0.2) is 8.69 Å². The summed E-state index contributed by atoms with van der Waals surface area (Å²) in [5.74, 6) is 1.81. The zero-order valence-electron chi connectivity index (χ0n) is 12.2. The molecule has 1 fully saturated rings. The Kier molecular flexibility index (Phi) is 4.80. The van der Waals surface area contributed by atoms with E-state index >= 15 is 0 Å². The molecule has 0 N–H and O–H groups in total. The molecular weight excluding hydrogens is 347 g/mol. The van der Waals surface area contributed by atoms with E-state index in [9.17, 15) is 0 Å². The number of thiol groups is 3. The maximum absolute atomic E-state index is 6.08. The second-order valence-electron chi connectivity index (χ2n) is 5.90. The summed E-state index contributed by atoms with van der Waals surface area (Å²) in [5.41, 5.74) is -0.0216. The second kappa shape index (κ2) is 5.72. The zero-order chi connectivity index (χ0) is 16.1. The van der Waals surface area contributed by atoms with E-state index in [-0.39, 0.29) is 11.2 Å². The third kappa shape index (κ3) is 3.79. The zero-order valence-corrected chi connectivity index (χ0v) is 15.7. The highest BCUT2D eigenvalue weighted by atomic mass is 35.5. The average Bonchev–Trinajstić information content (AvgIpc) is 2.74. The van der Waals surface area contributed by atoms with Crippen LogP contribution in [0.5, 0.6) is 0 Å². The summed E-state index contributed by atoms with van der Waals surface area (Å²) in [4.78, 5) is 0. The summed E-state index contributed by atoms with van der Waals surface area (Å²) in [5, 5.41) is 4.44. The first-order chi connectivity index (χ1) is 9.42. The molecule has 1 aliphatic rings. The lowest BCUT2D eigenvalue weighted by Crippen LogP contribution is -2.41. The van der Waals surface area contributed by atoms with Gasteiger partial charge in [-0.2, -0.15) is 5.10 Å². The smallest absolute Gasteiger partial charge is 0.400 e. The monoisotopic (exact) mass is 364 g/mol. The molecule has 1 saturated heterocycles. The Morgan fingerprint density at radius 2 is 1.76 bits per heavy atom. The van der Waals surface area contributed by atoms with E-state index in [4.69, 9.17) is 20.9 Å². The van der Waals surface area contributed by atoms with E-state index < -0.39 is 10.7 Å². The van der Waals surface area contributed by atoms with Crippen LogP contribution in [0.3, 0.4) is 0 Å². The molecule has 0 amide bonds. The van der Waals surface area contributed by atoms with Crippen LogP contribution >= 0.6 is 49.5 Å². The van der Waals surface area contributed by atoms with Crippen molar-refractivity contribution in [1.82, 2.24) is 9.78 Å². The summed E-state index contributed by atoms with van der Waals surface area (Å²) in [6.45, 7) is 8.01. The lowest BCUT2D eigenvalue weighted by atomic mass is 9.89. The van der Waals surface area contributed by atoms with Gasteiger partial charge in [-0.3, -0.25) is 0 Å². The van der Waals surface area contributed by atoms with Gasteiger partial charge in [-0.05, 0) is 27.7 Å². The molecule has 0 spiro atoms. The van der Waals surface area contributed by atoms with Crippen molar-refractivity contribution in [3.63, 3.8) is 0 Å². The minimum absolute atomic E-state index is 0.337. The highest BCUT2D eigenvalue weighted by molar-refractivity contribution is 8.15. The van der Waals surface area contributed by atoms with Gasteiger partial charge in [-0.1, -0.05) is 23.7 Å². The normalized spacial score (nSPS) is 21.4. The van der Waals surface area contributed by atoms with Crippen LogP contribution in [0, 0.1) is 0 Å². The maximum atomic E-state index is 6.08. The summed E-state index contributed by atoms with van der Waals surface area (Å²) < 4.78 is 12.2. The van der Waals surface area contributed by atoms with Crippen LogP contribution in [0.25, 0.3) is 6.08 Å². The van der Waals surface area contributed by atoms with Gasteiger partial charge < -0.3 is 9.31 Å². The lowest BCUT2D eigenvalue weighted by molar-refractivity contribution is 0.00578. The molecule has 9 heteroatoms. The molecule has 0 radical (unpaired) electrons. The fourth-order valence-corrected chi connectivity index (χ4v) is 2.28. The minimum atomic E-state index is -1.01. The van der Waals surface area contributed by atoms with Crippen LogP contribution in [0.2, 0.25) is 5.15 Å². The molecule has 21 heavy (non-hydrogen) atoms. The number of rotatable bonds is 3. The van der Waals surface area contributed by atoms with Gasteiger partial charge >= 0.3 is 7.12 Å². The van der Waals surface area contributed by atoms with Gasteiger partial charge in [0.05, 0.1) is 11.2 Å². The van der Waals surface area contributed by atoms with Gasteiger partial charge in [0, 0.05) is 11.8 Å². The Hall–Kier alpha value is 0.275. The highest BCUT2D eigenvalue weighted by Gasteiger charge is 2.50. The van der Waals surface area contributed by atoms with Crippen LogP contribution in [0.4, 0.5) is 0 Å². The first-order valence-corrected chi connectivity index (χ1v) is 8.11. The molecule has 1 aliphatic heterocycles. The molecule has 116 valence electrons. The Labute approximate surface area is 147 Å². The summed E-state index contributed by atoms with van der Waals surface area (Å²) >= 11 is 18.7. The predicted octanol–water partition coefficient (Wildman–Crippen LogP) is 3.54. The molecule has 1 aromatic rings. The van der Waals surface area contributed by atoms with E-state index in [1.165, 1.54) is 4.68 Å². The largest absolute Gasteiger partial charge is 0.487 e. The SMILES string of the molecule is CC1(C)OB(/C=C/c2cn(C(S)(S)S)nc2Cl)OC1(C)C. The number of hydrogen-bond donors (Lipinski definition) is 3. The summed E-state index contributed by atoms with van der Waals surface area (Å²) in [6, 6.07) is 0. The van der Waals surface area contributed by atoms with Crippen LogP contribution in [0.15, 0.2) is 12.2 Å². The Morgan fingerprint density at radius 1 is 1.24 bits per heavy atom. The van der Waals surface area contributed by atoms with E-state index in [0.717, 1.165) is 0 Å². The molecule has 0 saturated carbocycles.